The van der Waals surface area contributed by atoms with Gasteiger partial charge in [-0.3, -0.25) is 9.46 Å². The molecule has 0 radical (unpaired) electrons. The predicted octanol–water partition coefficient (Wildman–Crippen LogP) is 2.28. The Morgan fingerprint density at radius 1 is 1.24 bits per heavy atom. The van der Waals surface area contributed by atoms with Crippen molar-refractivity contribution >= 4 is 15.2 Å². The monoisotopic (exact) mass is 249 g/mol. The Balaban J connectivity index is 1.91. The first-order valence-electron chi connectivity index (χ1n) is 5.99. The molecule has 1 fully saturated rings. The molecule has 1 aromatic carbocycles. The molecule has 3 nitrogen and oxygen atoms in total. The van der Waals surface area contributed by atoms with Gasteiger partial charge in [0.2, 0.25) is 0 Å². The fourth-order valence-corrected chi connectivity index (χ4v) is 2.91. The number of carbonyl (C=O) groups excluding carboxylic acids is 1. The fraction of sp³-hybridized carbons (Fsp3) is 0.462. The number of carbonyl (C=O) groups is 1. The second kappa shape index (κ2) is 4.08. The Kier molecular flexibility index (Phi) is 2.68. The van der Waals surface area contributed by atoms with Crippen molar-refractivity contribution in [2.24, 2.45) is 0 Å². The maximum atomic E-state index is 12.1. The molecule has 1 aromatic rings. The number of rotatable bonds is 0. The minimum atomic E-state index is -0.251. The molecule has 1 saturated heterocycles. The lowest BCUT2D eigenvalue weighted by Gasteiger charge is -2.42. The zero-order valence-electron chi connectivity index (χ0n) is 9.69. The highest BCUT2D eigenvalue weighted by Crippen LogP contribution is 2.39. The van der Waals surface area contributed by atoms with Crippen molar-refractivity contribution in [2.45, 2.75) is 24.9 Å². The molecule has 0 amide bonds. The third kappa shape index (κ3) is 1.98. The van der Waals surface area contributed by atoms with Crippen LogP contribution in [-0.4, -0.2) is 29.1 Å². The van der Waals surface area contributed by atoms with Gasteiger partial charge in [0.25, 0.3) is 0 Å². The first kappa shape index (κ1) is 11.2. The molecule has 0 saturated carbocycles. The zero-order chi connectivity index (χ0) is 11.9. The normalized spacial score (nSPS) is 23.2. The van der Waals surface area contributed by atoms with Crippen LogP contribution in [0.15, 0.2) is 24.3 Å². The summed E-state index contributed by atoms with van der Waals surface area (Å²) in [7, 11) is 2.72. The summed E-state index contributed by atoms with van der Waals surface area (Å²) in [5, 5.41) is 0. The average molecular weight is 249 g/mol. The summed E-state index contributed by atoms with van der Waals surface area (Å²) < 4.78 is 8.33. The van der Waals surface area contributed by atoms with Gasteiger partial charge in [0.1, 0.15) is 11.4 Å². The van der Waals surface area contributed by atoms with Gasteiger partial charge in [0.15, 0.2) is 5.78 Å². The number of piperidine rings is 1. The van der Waals surface area contributed by atoms with Crippen LogP contribution in [0.5, 0.6) is 5.75 Å². The van der Waals surface area contributed by atoms with Gasteiger partial charge < -0.3 is 4.74 Å². The Bertz CT molecular complexity index is 452. The third-order valence-corrected chi connectivity index (χ3v) is 4.22. The predicted molar refractivity (Wildman–Crippen MR) is 69.3 cm³/mol. The number of Topliss-reactive ketones (excluding diaryl/α,β-unsaturated/α-hetero) is 1. The van der Waals surface area contributed by atoms with Crippen LogP contribution >= 0.6 is 9.39 Å². The fourth-order valence-electron chi connectivity index (χ4n) is 2.65. The van der Waals surface area contributed by atoms with Gasteiger partial charge >= 0.3 is 0 Å². The Hall–Kier alpha value is -0.920. The lowest BCUT2D eigenvalue weighted by atomic mass is 9.83. The second-order valence-corrected chi connectivity index (χ2v) is 5.65. The SMILES string of the molecule is O=C1CC2(CCN(P)CC2)Oc2ccccc21. The zero-order valence-corrected chi connectivity index (χ0v) is 10.8. The molecule has 4 heteroatoms. The summed E-state index contributed by atoms with van der Waals surface area (Å²) in [6.45, 7) is 1.94. The number of hydrogen-bond donors (Lipinski definition) is 0. The highest BCUT2D eigenvalue weighted by Gasteiger charge is 2.42. The van der Waals surface area contributed by atoms with E-state index in [1.807, 2.05) is 24.3 Å². The molecule has 2 heterocycles. The van der Waals surface area contributed by atoms with Gasteiger partial charge in [0.05, 0.1) is 12.0 Å². The largest absolute Gasteiger partial charge is 0.486 e. The van der Waals surface area contributed by atoms with Crippen molar-refractivity contribution in [3.8, 4) is 5.75 Å². The van der Waals surface area contributed by atoms with Crippen LogP contribution in [0.1, 0.15) is 29.6 Å². The minimum Gasteiger partial charge on any atom is -0.486 e. The van der Waals surface area contributed by atoms with E-state index in [9.17, 15) is 4.79 Å². The second-order valence-electron chi connectivity index (χ2n) is 4.92. The first-order valence-corrected chi connectivity index (χ1v) is 6.51. The number of ether oxygens (including phenoxy) is 1. The number of para-hydroxylation sites is 1. The Labute approximate surface area is 103 Å². The standard InChI is InChI=1S/C13H16NO2P/c15-11-9-13(5-7-14(17)8-6-13)16-12-4-2-1-3-10(11)12/h1-4H,5-9,17H2. The van der Waals surface area contributed by atoms with Crippen LogP contribution in [0.25, 0.3) is 0 Å². The van der Waals surface area contributed by atoms with Crippen molar-refractivity contribution in [1.29, 1.82) is 0 Å². The third-order valence-electron chi connectivity index (χ3n) is 3.71. The topological polar surface area (TPSA) is 29.5 Å². The molecule has 17 heavy (non-hydrogen) atoms. The molecule has 1 spiro atoms. The van der Waals surface area contributed by atoms with Gasteiger partial charge in [-0.1, -0.05) is 21.5 Å². The lowest BCUT2D eigenvalue weighted by Crippen LogP contribution is -2.48. The minimum absolute atomic E-state index is 0.226. The van der Waals surface area contributed by atoms with E-state index in [1.165, 1.54) is 0 Å². The van der Waals surface area contributed by atoms with E-state index in [0.29, 0.717) is 6.42 Å². The summed E-state index contributed by atoms with van der Waals surface area (Å²) >= 11 is 0. The number of ketones is 1. The quantitative estimate of drug-likeness (QED) is 0.661. The van der Waals surface area contributed by atoms with Crippen LogP contribution in [-0.2, 0) is 0 Å². The molecule has 0 aliphatic carbocycles. The average Bonchev–Trinajstić information content (AvgIpc) is 2.34. The van der Waals surface area contributed by atoms with Gasteiger partial charge in [-0.2, -0.15) is 0 Å². The summed E-state index contributed by atoms with van der Waals surface area (Å²) in [4.78, 5) is 12.1. The lowest BCUT2D eigenvalue weighted by molar-refractivity contribution is 0.00709. The summed E-state index contributed by atoms with van der Waals surface area (Å²) in [5.74, 6) is 0.991. The molecule has 3 rings (SSSR count). The maximum absolute atomic E-state index is 12.1. The van der Waals surface area contributed by atoms with E-state index < -0.39 is 0 Å². The molecule has 2 aliphatic rings. The van der Waals surface area contributed by atoms with E-state index in [4.69, 9.17) is 4.74 Å². The molecule has 90 valence electrons. The van der Waals surface area contributed by atoms with Gasteiger partial charge in [-0.15, -0.1) is 0 Å². The van der Waals surface area contributed by atoms with Crippen molar-refractivity contribution in [3.63, 3.8) is 0 Å². The Morgan fingerprint density at radius 3 is 2.71 bits per heavy atom. The van der Waals surface area contributed by atoms with E-state index in [1.54, 1.807) is 0 Å². The van der Waals surface area contributed by atoms with Crippen LogP contribution < -0.4 is 4.74 Å². The molecule has 1 unspecified atom stereocenters. The summed E-state index contributed by atoms with van der Waals surface area (Å²) in [6.07, 6.45) is 2.38. The summed E-state index contributed by atoms with van der Waals surface area (Å²) in [6, 6.07) is 7.58. The molecular formula is C13H16NO2P. The summed E-state index contributed by atoms with van der Waals surface area (Å²) in [5.41, 5.74) is 0.491. The Morgan fingerprint density at radius 2 is 1.94 bits per heavy atom. The highest BCUT2D eigenvalue weighted by molar-refractivity contribution is 7.13. The highest BCUT2D eigenvalue weighted by atomic mass is 31.0. The van der Waals surface area contributed by atoms with E-state index >= 15 is 0 Å². The van der Waals surface area contributed by atoms with Crippen LogP contribution in [0, 0.1) is 0 Å². The van der Waals surface area contributed by atoms with Crippen LogP contribution in [0.2, 0.25) is 0 Å². The van der Waals surface area contributed by atoms with Gasteiger partial charge in [-0.25, -0.2) is 0 Å². The van der Waals surface area contributed by atoms with Crippen LogP contribution in [0.3, 0.4) is 0 Å². The molecule has 0 N–H and O–H groups in total. The van der Waals surface area contributed by atoms with Crippen molar-refractivity contribution in [3.05, 3.63) is 29.8 Å². The number of hydrogen-bond acceptors (Lipinski definition) is 3. The van der Waals surface area contributed by atoms with Gasteiger partial charge in [-0.05, 0) is 12.1 Å². The smallest absolute Gasteiger partial charge is 0.170 e. The molecular weight excluding hydrogens is 233 g/mol. The molecule has 1 atom stereocenters. The van der Waals surface area contributed by atoms with E-state index in [-0.39, 0.29) is 11.4 Å². The van der Waals surface area contributed by atoms with Crippen LogP contribution in [0.4, 0.5) is 0 Å². The van der Waals surface area contributed by atoms with Crippen molar-refractivity contribution in [2.75, 3.05) is 13.1 Å². The number of nitrogens with zero attached hydrogens (tertiary/aromatic N) is 1. The molecule has 0 aromatic heterocycles. The maximum Gasteiger partial charge on any atom is 0.170 e. The van der Waals surface area contributed by atoms with Crippen molar-refractivity contribution < 1.29 is 9.53 Å². The van der Waals surface area contributed by atoms with E-state index in [0.717, 1.165) is 37.2 Å². The number of benzene rings is 1. The van der Waals surface area contributed by atoms with Crippen molar-refractivity contribution in [1.82, 2.24) is 4.67 Å². The molecule has 2 aliphatic heterocycles. The van der Waals surface area contributed by atoms with Gasteiger partial charge in [0, 0.05) is 25.9 Å². The number of fused-ring (bicyclic) bond motifs is 1. The van der Waals surface area contributed by atoms with E-state index in [2.05, 4.69) is 14.1 Å². The first-order chi connectivity index (χ1) is 8.19. The molecule has 0 bridgehead atoms.